The number of hydrogen-bond donors (Lipinski definition) is 1. The van der Waals surface area contributed by atoms with Gasteiger partial charge in [0.15, 0.2) is 0 Å². The quantitative estimate of drug-likeness (QED) is 0.895. The summed E-state index contributed by atoms with van der Waals surface area (Å²) < 4.78 is 5.47. The molecule has 0 saturated heterocycles. The van der Waals surface area contributed by atoms with Gasteiger partial charge in [0.1, 0.15) is 5.75 Å². The first-order chi connectivity index (χ1) is 8.76. The van der Waals surface area contributed by atoms with Crippen LogP contribution in [0.4, 0.5) is 0 Å². The third-order valence-electron chi connectivity index (χ3n) is 2.72. The molecule has 0 aliphatic heterocycles. The molecule has 0 fully saturated rings. The fraction of sp³-hybridized carbons (Fsp3) is 0.286. The lowest BCUT2D eigenvalue weighted by molar-refractivity contribution is 0.343. The summed E-state index contributed by atoms with van der Waals surface area (Å²) in [5.74, 6) is 0.680. The molecule has 92 valence electrons. The molecule has 0 atom stereocenters. The van der Waals surface area contributed by atoms with Crippen LogP contribution >= 0.6 is 0 Å². The number of nitriles is 1. The van der Waals surface area contributed by atoms with Crippen molar-refractivity contribution in [2.45, 2.75) is 19.8 Å². The number of aromatic amines is 1. The van der Waals surface area contributed by atoms with E-state index in [1.54, 1.807) is 0 Å². The van der Waals surface area contributed by atoms with Crippen LogP contribution in [0, 0.1) is 11.3 Å². The van der Waals surface area contributed by atoms with Gasteiger partial charge in [-0.3, -0.25) is 4.79 Å². The van der Waals surface area contributed by atoms with Crippen molar-refractivity contribution in [2.24, 2.45) is 0 Å². The highest BCUT2D eigenvalue weighted by Crippen LogP contribution is 2.23. The first kappa shape index (κ1) is 12.2. The van der Waals surface area contributed by atoms with Gasteiger partial charge < -0.3 is 9.72 Å². The molecule has 0 amide bonds. The first-order valence-electron chi connectivity index (χ1n) is 5.91. The number of nitrogens with zero attached hydrogens (tertiary/aromatic N) is 1. The summed E-state index contributed by atoms with van der Waals surface area (Å²) in [6.45, 7) is 2.45. The van der Waals surface area contributed by atoms with E-state index in [0.29, 0.717) is 36.3 Å². The molecule has 1 heterocycles. The van der Waals surface area contributed by atoms with Crippen molar-refractivity contribution in [1.82, 2.24) is 4.98 Å². The van der Waals surface area contributed by atoms with E-state index in [4.69, 9.17) is 10.00 Å². The van der Waals surface area contributed by atoms with Crippen molar-refractivity contribution >= 4 is 10.9 Å². The van der Waals surface area contributed by atoms with Crippen LogP contribution in [-0.2, 0) is 6.42 Å². The van der Waals surface area contributed by atoms with Crippen LogP contribution in [0.2, 0.25) is 0 Å². The molecule has 0 aliphatic carbocycles. The Hall–Kier alpha value is -2.28. The summed E-state index contributed by atoms with van der Waals surface area (Å²) in [5, 5.41) is 9.49. The van der Waals surface area contributed by atoms with Gasteiger partial charge in [0.25, 0.3) is 5.56 Å². The van der Waals surface area contributed by atoms with Crippen LogP contribution < -0.4 is 10.3 Å². The molecule has 0 unspecified atom stereocenters. The number of para-hydroxylation sites is 1. The third-order valence-corrected chi connectivity index (χ3v) is 2.72. The zero-order valence-electron chi connectivity index (χ0n) is 10.2. The topological polar surface area (TPSA) is 65.9 Å². The number of fused-ring (bicyclic) bond motifs is 1. The van der Waals surface area contributed by atoms with Crippen LogP contribution in [-0.4, -0.2) is 11.6 Å². The zero-order valence-corrected chi connectivity index (χ0v) is 10.2. The summed E-state index contributed by atoms with van der Waals surface area (Å²) in [6.07, 6.45) is 0.820. The lowest BCUT2D eigenvalue weighted by Gasteiger charge is -2.08. The molecule has 0 spiro atoms. The monoisotopic (exact) mass is 242 g/mol. The number of pyridine rings is 1. The molecule has 0 bridgehead atoms. The molecular formula is C14H14N2O2. The highest BCUT2D eigenvalue weighted by molar-refractivity contribution is 5.84. The molecule has 1 N–H and O–H groups in total. The predicted octanol–water partition coefficient (Wildman–Crippen LogP) is 2.38. The number of H-pyrrole nitrogens is 1. The van der Waals surface area contributed by atoms with E-state index in [0.717, 1.165) is 5.39 Å². The van der Waals surface area contributed by atoms with Gasteiger partial charge in [-0.05, 0) is 25.5 Å². The minimum atomic E-state index is -0.148. The van der Waals surface area contributed by atoms with Gasteiger partial charge in [0.05, 0.1) is 18.2 Å². The van der Waals surface area contributed by atoms with Crippen LogP contribution in [0.5, 0.6) is 5.75 Å². The molecule has 2 rings (SSSR count). The Balaban J connectivity index is 2.53. The van der Waals surface area contributed by atoms with Gasteiger partial charge in [-0.1, -0.05) is 12.1 Å². The van der Waals surface area contributed by atoms with Crippen LogP contribution in [0.25, 0.3) is 10.9 Å². The largest absolute Gasteiger partial charge is 0.492 e. The minimum Gasteiger partial charge on any atom is -0.492 e. The minimum absolute atomic E-state index is 0.148. The van der Waals surface area contributed by atoms with E-state index < -0.39 is 0 Å². The molecule has 4 heteroatoms. The van der Waals surface area contributed by atoms with Crippen LogP contribution in [0.3, 0.4) is 0 Å². The fourth-order valence-electron chi connectivity index (χ4n) is 1.90. The van der Waals surface area contributed by atoms with Gasteiger partial charge in [0.2, 0.25) is 0 Å². The second-order valence-electron chi connectivity index (χ2n) is 3.94. The highest BCUT2D eigenvalue weighted by Gasteiger charge is 2.06. The fourth-order valence-corrected chi connectivity index (χ4v) is 1.90. The maximum absolute atomic E-state index is 11.9. The number of aromatic nitrogens is 1. The third kappa shape index (κ3) is 2.35. The average molecular weight is 242 g/mol. The Morgan fingerprint density at radius 2 is 2.28 bits per heavy atom. The molecule has 0 saturated carbocycles. The number of benzene rings is 1. The van der Waals surface area contributed by atoms with Gasteiger partial charge in [-0.15, -0.1) is 0 Å². The molecular weight excluding hydrogens is 228 g/mol. The maximum atomic E-state index is 11.9. The lowest BCUT2D eigenvalue weighted by atomic mass is 10.1. The lowest BCUT2D eigenvalue weighted by Crippen LogP contribution is -2.12. The summed E-state index contributed by atoms with van der Waals surface area (Å²) in [5.41, 5.74) is 1.20. The molecule has 0 radical (unpaired) electrons. The Morgan fingerprint density at radius 1 is 1.44 bits per heavy atom. The van der Waals surface area contributed by atoms with Crippen molar-refractivity contribution in [3.8, 4) is 11.8 Å². The van der Waals surface area contributed by atoms with E-state index >= 15 is 0 Å². The van der Waals surface area contributed by atoms with Crippen LogP contribution in [0.1, 0.15) is 18.9 Å². The Kier molecular flexibility index (Phi) is 3.63. The van der Waals surface area contributed by atoms with Crippen molar-refractivity contribution in [1.29, 1.82) is 5.26 Å². The molecule has 18 heavy (non-hydrogen) atoms. The Bertz CT molecular complexity index is 653. The van der Waals surface area contributed by atoms with Gasteiger partial charge in [0, 0.05) is 17.4 Å². The molecule has 1 aromatic heterocycles. The first-order valence-corrected chi connectivity index (χ1v) is 5.91. The van der Waals surface area contributed by atoms with Crippen molar-refractivity contribution in [3.63, 3.8) is 0 Å². The number of hydrogen-bond acceptors (Lipinski definition) is 3. The van der Waals surface area contributed by atoms with Gasteiger partial charge in [-0.2, -0.15) is 5.26 Å². The normalized spacial score (nSPS) is 10.2. The summed E-state index contributed by atoms with van der Waals surface area (Å²) >= 11 is 0. The molecule has 4 nitrogen and oxygen atoms in total. The smallest absolute Gasteiger partial charge is 0.251 e. The zero-order chi connectivity index (χ0) is 13.0. The molecule has 0 aliphatic rings. The predicted molar refractivity (Wildman–Crippen MR) is 69.7 cm³/mol. The average Bonchev–Trinajstić information content (AvgIpc) is 2.37. The van der Waals surface area contributed by atoms with E-state index in [2.05, 4.69) is 4.98 Å². The SMILES string of the molecule is CCOc1cccc2cc(CCC#N)c(=O)[nH]c12. The van der Waals surface area contributed by atoms with Gasteiger partial charge in [-0.25, -0.2) is 0 Å². The highest BCUT2D eigenvalue weighted by atomic mass is 16.5. The van der Waals surface area contributed by atoms with E-state index in [1.807, 2.05) is 37.3 Å². The summed E-state index contributed by atoms with van der Waals surface area (Å²) in [4.78, 5) is 14.7. The Morgan fingerprint density at radius 3 is 3.00 bits per heavy atom. The van der Waals surface area contributed by atoms with E-state index in [9.17, 15) is 4.79 Å². The van der Waals surface area contributed by atoms with Crippen molar-refractivity contribution < 1.29 is 4.74 Å². The number of ether oxygens (including phenoxy) is 1. The molecule has 2 aromatic rings. The van der Waals surface area contributed by atoms with Crippen molar-refractivity contribution in [3.05, 3.63) is 40.2 Å². The van der Waals surface area contributed by atoms with E-state index in [1.165, 1.54) is 0 Å². The number of rotatable bonds is 4. The van der Waals surface area contributed by atoms with Crippen LogP contribution in [0.15, 0.2) is 29.1 Å². The van der Waals surface area contributed by atoms with E-state index in [-0.39, 0.29) is 5.56 Å². The molecule has 1 aromatic carbocycles. The number of aryl methyl sites for hydroxylation is 1. The Labute approximate surface area is 105 Å². The summed E-state index contributed by atoms with van der Waals surface area (Å²) in [7, 11) is 0. The van der Waals surface area contributed by atoms with Crippen molar-refractivity contribution in [2.75, 3.05) is 6.61 Å². The van der Waals surface area contributed by atoms with Gasteiger partial charge >= 0.3 is 0 Å². The maximum Gasteiger partial charge on any atom is 0.251 e. The number of nitrogens with one attached hydrogen (secondary N) is 1. The summed E-state index contributed by atoms with van der Waals surface area (Å²) in [6, 6.07) is 9.51. The second-order valence-corrected chi connectivity index (χ2v) is 3.94. The standard InChI is InChI=1S/C14H14N2O2/c1-2-18-12-7-3-5-10-9-11(6-4-8-15)14(17)16-13(10)12/h3,5,7,9H,2,4,6H2,1H3,(H,16,17). The second kappa shape index (κ2) is 5.37.